The fraction of sp³-hybridized carbons (Fsp3) is 0.154. The minimum Gasteiger partial charge on any atom is -0.448 e. The lowest BCUT2D eigenvalue weighted by molar-refractivity contribution is -0.113. The van der Waals surface area contributed by atoms with Crippen molar-refractivity contribution in [3.05, 3.63) is 41.3 Å². The zero-order chi connectivity index (χ0) is 13.2. The average Bonchev–Trinajstić information content (AvgIpc) is 2.81. The topological polar surface area (TPSA) is 54.3 Å². The van der Waals surface area contributed by atoms with Gasteiger partial charge in [0.25, 0.3) is 0 Å². The van der Waals surface area contributed by atoms with E-state index >= 15 is 0 Å². The van der Waals surface area contributed by atoms with Gasteiger partial charge in [-0.15, -0.1) is 11.8 Å². The molecule has 1 aromatic heterocycles. The Hall–Kier alpha value is -1.59. The molecule has 0 bridgehead atoms. The predicted molar refractivity (Wildman–Crippen MR) is 76.8 cm³/mol. The van der Waals surface area contributed by atoms with E-state index in [1.54, 1.807) is 17.8 Å². The third-order valence-corrected chi connectivity index (χ3v) is 3.98. The van der Waals surface area contributed by atoms with E-state index in [1.165, 1.54) is 0 Å². The third kappa shape index (κ3) is 2.88. The Labute approximate surface area is 119 Å². The Kier molecular flexibility index (Phi) is 3.40. The number of carbonyl (C=O) groups is 1. The fourth-order valence-electron chi connectivity index (χ4n) is 1.83. The number of hydrogen-bond acceptors (Lipinski definition) is 4. The van der Waals surface area contributed by atoms with Crippen molar-refractivity contribution < 1.29 is 9.21 Å². The van der Waals surface area contributed by atoms with Gasteiger partial charge in [-0.1, -0.05) is 0 Å². The molecule has 1 aliphatic rings. The summed E-state index contributed by atoms with van der Waals surface area (Å²) < 4.78 is 5.26. The molecule has 4 nitrogen and oxygen atoms in total. The van der Waals surface area contributed by atoms with Gasteiger partial charge < -0.3 is 15.1 Å². The summed E-state index contributed by atoms with van der Waals surface area (Å²) in [5.74, 6) is 1.28. The van der Waals surface area contributed by atoms with E-state index in [-0.39, 0.29) is 5.91 Å². The SMILES string of the molecule is O=C1CSc2ccc(NCc3ccc(Cl)o3)cc2N1. The number of amides is 1. The van der Waals surface area contributed by atoms with Crippen LogP contribution in [0.15, 0.2) is 39.6 Å². The summed E-state index contributed by atoms with van der Waals surface area (Å²) in [6.45, 7) is 0.548. The second-order valence-electron chi connectivity index (χ2n) is 4.11. The first-order valence-electron chi connectivity index (χ1n) is 5.75. The quantitative estimate of drug-likeness (QED) is 0.908. The molecule has 1 amide bonds. The van der Waals surface area contributed by atoms with Gasteiger partial charge in [0.2, 0.25) is 5.91 Å². The number of thioether (sulfide) groups is 1. The Morgan fingerprint density at radius 1 is 1.37 bits per heavy atom. The highest BCUT2D eigenvalue weighted by Gasteiger charge is 2.15. The summed E-state index contributed by atoms with van der Waals surface area (Å²) in [6, 6.07) is 9.43. The molecule has 0 aliphatic carbocycles. The molecule has 1 aromatic carbocycles. The van der Waals surface area contributed by atoms with Crippen molar-refractivity contribution in [2.24, 2.45) is 0 Å². The van der Waals surface area contributed by atoms with Crippen molar-refractivity contribution in [1.82, 2.24) is 0 Å². The molecule has 19 heavy (non-hydrogen) atoms. The molecule has 0 saturated heterocycles. The number of halogens is 1. The number of carbonyl (C=O) groups excluding carboxylic acids is 1. The van der Waals surface area contributed by atoms with Gasteiger partial charge in [-0.3, -0.25) is 4.79 Å². The molecule has 98 valence electrons. The maximum Gasteiger partial charge on any atom is 0.234 e. The van der Waals surface area contributed by atoms with Crippen molar-refractivity contribution in [3.63, 3.8) is 0 Å². The molecular weight excluding hydrogens is 284 g/mol. The zero-order valence-electron chi connectivity index (χ0n) is 9.90. The van der Waals surface area contributed by atoms with Crippen LogP contribution in [0.1, 0.15) is 5.76 Å². The first-order valence-corrected chi connectivity index (χ1v) is 7.12. The first-order chi connectivity index (χ1) is 9.20. The molecule has 3 rings (SSSR count). The van der Waals surface area contributed by atoms with Crippen LogP contribution >= 0.6 is 23.4 Å². The van der Waals surface area contributed by atoms with Gasteiger partial charge >= 0.3 is 0 Å². The van der Waals surface area contributed by atoms with Crippen LogP contribution in [0.5, 0.6) is 0 Å². The highest BCUT2D eigenvalue weighted by molar-refractivity contribution is 8.00. The Balaban J connectivity index is 1.71. The van der Waals surface area contributed by atoms with Gasteiger partial charge in [0.05, 0.1) is 18.0 Å². The molecule has 2 N–H and O–H groups in total. The molecule has 0 radical (unpaired) electrons. The smallest absolute Gasteiger partial charge is 0.234 e. The van der Waals surface area contributed by atoms with E-state index in [0.29, 0.717) is 17.5 Å². The summed E-state index contributed by atoms with van der Waals surface area (Å²) in [5, 5.41) is 6.46. The highest BCUT2D eigenvalue weighted by Crippen LogP contribution is 2.33. The normalized spacial score (nSPS) is 13.8. The van der Waals surface area contributed by atoms with Gasteiger partial charge in [-0.25, -0.2) is 0 Å². The van der Waals surface area contributed by atoms with Crippen LogP contribution in [0.25, 0.3) is 0 Å². The van der Waals surface area contributed by atoms with Gasteiger partial charge in [0.1, 0.15) is 5.76 Å². The number of nitrogens with one attached hydrogen (secondary N) is 2. The monoisotopic (exact) mass is 294 g/mol. The van der Waals surface area contributed by atoms with E-state index in [0.717, 1.165) is 22.0 Å². The Morgan fingerprint density at radius 3 is 3.05 bits per heavy atom. The lowest BCUT2D eigenvalue weighted by atomic mass is 10.2. The number of benzene rings is 1. The number of rotatable bonds is 3. The van der Waals surface area contributed by atoms with Crippen molar-refractivity contribution >= 4 is 40.6 Å². The van der Waals surface area contributed by atoms with E-state index in [9.17, 15) is 4.79 Å². The fourth-order valence-corrected chi connectivity index (χ4v) is 2.78. The maximum absolute atomic E-state index is 11.3. The molecule has 0 spiro atoms. The van der Waals surface area contributed by atoms with E-state index in [1.807, 2.05) is 24.3 Å². The third-order valence-electron chi connectivity index (χ3n) is 2.71. The van der Waals surface area contributed by atoms with Crippen LogP contribution < -0.4 is 10.6 Å². The van der Waals surface area contributed by atoms with Gasteiger partial charge in [-0.05, 0) is 41.9 Å². The Bertz CT molecular complexity index is 627. The maximum atomic E-state index is 11.3. The number of hydrogen-bond donors (Lipinski definition) is 2. The van der Waals surface area contributed by atoms with Gasteiger partial charge in [-0.2, -0.15) is 0 Å². The van der Waals surface area contributed by atoms with E-state index in [4.69, 9.17) is 16.0 Å². The summed E-state index contributed by atoms with van der Waals surface area (Å²) >= 11 is 7.26. The second kappa shape index (κ2) is 5.19. The van der Waals surface area contributed by atoms with E-state index < -0.39 is 0 Å². The molecule has 0 unspecified atom stereocenters. The summed E-state index contributed by atoms with van der Waals surface area (Å²) in [5.41, 5.74) is 1.78. The average molecular weight is 295 g/mol. The number of anilines is 2. The minimum atomic E-state index is 0.0347. The number of furan rings is 1. The molecule has 1 aliphatic heterocycles. The Morgan fingerprint density at radius 2 is 2.26 bits per heavy atom. The van der Waals surface area contributed by atoms with Gasteiger partial charge in [0.15, 0.2) is 5.22 Å². The van der Waals surface area contributed by atoms with Crippen LogP contribution in [0.2, 0.25) is 5.22 Å². The summed E-state index contributed by atoms with van der Waals surface area (Å²) in [7, 11) is 0. The molecule has 0 atom stereocenters. The molecular formula is C13H11ClN2O2S. The lowest BCUT2D eigenvalue weighted by Crippen LogP contribution is -2.18. The molecule has 0 fully saturated rings. The highest BCUT2D eigenvalue weighted by atomic mass is 35.5. The van der Waals surface area contributed by atoms with Crippen LogP contribution in [0.3, 0.4) is 0 Å². The van der Waals surface area contributed by atoms with E-state index in [2.05, 4.69) is 10.6 Å². The number of fused-ring (bicyclic) bond motifs is 1. The molecule has 0 saturated carbocycles. The zero-order valence-corrected chi connectivity index (χ0v) is 11.5. The standard InChI is InChI=1S/C13H11ClN2O2S/c14-12-4-2-9(18-12)6-15-8-1-3-11-10(5-8)16-13(17)7-19-11/h1-5,15H,6-7H2,(H,16,17). The first kappa shape index (κ1) is 12.4. The van der Waals surface area contributed by atoms with Crippen LogP contribution in [0, 0.1) is 0 Å². The van der Waals surface area contributed by atoms with Crippen molar-refractivity contribution in [2.45, 2.75) is 11.4 Å². The van der Waals surface area contributed by atoms with Crippen LogP contribution in [0.4, 0.5) is 11.4 Å². The summed E-state index contributed by atoms with van der Waals surface area (Å²) in [4.78, 5) is 12.4. The molecule has 2 heterocycles. The second-order valence-corrected chi connectivity index (χ2v) is 5.50. The predicted octanol–water partition coefficient (Wildman–Crippen LogP) is 3.59. The summed E-state index contributed by atoms with van der Waals surface area (Å²) in [6.07, 6.45) is 0. The van der Waals surface area contributed by atoms with Crippen molar-refractivity contribution in [2.75, 3.05) is 16.4 Å². The molecule has 6 heteroatoms. The molecule has 2 aromatic rings. The minimum absolute atomic E-state index is 0.0347. The largest absolute Gasteiger partial charge is 0.448 e. The van der Waals surface area contributed by atoms with Gasteiger partial charge in [0, 0.05) is 10.6 Å². The lowest BCUT2D eigenvalue weighted by Gasteiger charge is -2.17. The van der Waals surface area contributed by atoms with Crippen LogP contribution in [-0.2, 0) is 11.3 Å². The van der Waals surface area contributed by atoms with Crippen molar-refractivity contribution in [3.8, 4) is 0 Å². The van der Waals surface area contributed by atoms with Crippen molar-refractivity contribution in [1.29, 1.82) is 0 Å². The van der Waals surface area contributed by atoms with Crippen LogP contribution in [-0.4, -0.2) is 11.7 Å².